The molecule has 4 rings (SSSR count). The molecule has 0 amide bonds. The summed E-state index contributed by atoms with van der Waals surface area (Å²) in [4.78, 5) is 15.1. The van der Waals surface area contributed by atoms with Gasteiger partial charge in [0.1, 0.15) is 5.78 Å². The maximum atomic E-state index is 12.4. The maximum Gasteiger partial charge on any atom is 0.161 e. The lowest BCUT2D eigenvalue weighted by Gasteiger charge is -2.58. The number of Topliss-reactive ketones (excluding diaryl/α,β-unsaturated/α-hetero) is 1. The molecule has 1 aromatic carbocycles. The molecule has 3 aliphatic rings. The standard InChI is InChI=1S/C21H29NO3/c1-3-4-10-22-11-9-21-13-15(23)6-7-16(21)17(22)12-14-5-8-18(25-2)20(24)19(14)21/h5,8,16-17,24H,3-4,6-7,9-13H2,1-2H3/t16?,17?,21-/m1/s1. The SMILES string of the molecule is CCCCN1CC[C@@]23CC(=O)CCC2C1Cc1ccc(OC)c(O)c13. The average Bonchev–Trinajstić information content (AvgIpc) is 2.60. The first kappa shape index (κ1) is 16.9. The minimum Gasteiger partial charge on any atom is -0.504 e. The summed E-state index contributed by atoms with van der Waals surface area (Å²) >= 11 is 0. The molecule has 2 bridgehead atoms. The number of ketones is 1. The Balaban J connectivity index is 1.82. The molecule has 0 spiro atoms. The molecule has 2 aliphatic carbocycles. The minimum atomic E-state index is -0.186. The largest absolute Gasteiger partial charge is 0.504 e. The summed E-state index contributed by atoms with van der Waals surface area (Å²) in [5.74, 6) is 1.64. The highest BCUT2D eigenvalue weighted by Gasteiger charge is 2.56. The second-order valence-electron chi connectivity index (χ2n) is 8.08. The van der Waals surface area contributed by atoms with Crippen LogP contribution in [0.1, 0.15) is 56.6 Å². The van der Waals surface area contributed by atoms with Crippen molar-refractivity contribution in [1.82, 2.24) is 4.90 Å². The molecule has 25 heavy (non-hydrogen) atoms. The number of benzene rings is 1. The van der Waals surface area contributed by atoms with Gasteiger partial charge in [0.15, 0.2) is 11.5 Å². The van der Waals surface area contributed by atoms with Crippen molar-refractivity contribution in [3.8, 4) is 11.5 Å². The fourth-order valence-electron chi connectivity index (χ4n) is 5.80. The van der Waals surface area contributed by atoms with Crippen LogP contribution in [0.2, 0.25) is 0 Å². The van der Waals surface area contributed by atoms with E-state index in [0.717, 1.165) is 37.9 Å². The molecular weight excluding hydrogens is 314 g/mol. The molecule has 2 unspecified atom stereocenters. The molecule has 4 nitrogen and oxygen atoms in total. The first-order chi connectivity index (χ1) is 12.1. The monoisotopic (exact) mass is 343 g/mol. The third kappa shape index (κ3) is 2.49. The van der Waals surface area contributed by atoms with Crippen LogP contribution in [0.5, 0.6) is 11.5 Å². The Morgan fingerprint density at radius 1 is 1.40 bits per heavy atom. The quantitative estimate of drug-likeness (QED) is 0.910. The molecule has 1 N–H and O–H groups in total. The summed E-state index contributed by atoms with van der Waals surface area (Å²) in [5.41, 5.74) is 2.06. The van der Waals surface area contributed by atoms with Gasteiger partial charge in [-0.1, -0.05) is 19.4 Å². The van der Waals surface area contributed by atoms with Crippen LogP contribution in [-0.4, -0.2) is 42.0 Å². The van der Waals surface area contributed by atoms with Crippen molar-refractivity contribution in [2.45, 2.75) is 63.3 Å². The first-order valence-electron chi connectivity index (χ1n) is 9.75. The number of aromatic hydroxyl groups is 1. The Labute approximate surface area is 150 Å². The highest BCUT2D eigenvalue weighted by Crippen LogP contribution is 2.58. The first-order valence-corrected chi connectivity index (χ1v) is 9.75. The molecule has 136 valence electrons. The lowest BCUT2D eigenvalue weighted by Crippen LogP contribution is -2.62. The van der Waals surface area contributed by atoms with Crippen LogP contribution in [0, 0.1) is 5.92 Å². The van der Waals surface area contributed by atoms with Crippen LogP contribution in [0.25, 0.3) is 0 Å². The van der Waals surface area contributed by atoms with Crippen molar-refractivity contribution in [1.29, 1.82) is 0 Å². The number of carbonyl (C=O) groups is 1. The van der Waals surface area contributed by atoms with Crippen molar-refractivity contribution >= 4 is 5.78 Å². The predicted octanol–water partition coefficient (Wildman–Crippen LogP) is 3.44. The van der Waals surface area contributed by atoms with E-state index in [2.05, 4.69) is 17.9 Å². The van der Waals surface area contributed by atoms with Crippen LogP contribution in [0.4, 0.5) is 0 Å². The number of unbranched alkanes of at least 4 members (excludes halogenated alkanes) is 1. The number of phenols is 1. The van der Waals surface area contributed by atoms with E-state index in [1.807, 2.05) is 6.07 Å². The Kier molecular flexibility index (Phi) is 4.27. The topological polar surface area (TPSA) is 49.8 Å². The van der Waals surface area contributed by atoms with E-state index >= 15 is 0 Å². The molecule has 0 radical (unpaired) electrons. The van der Waals surface area contributed by atoms with Gasteiger partial charge >= 0.3 is 0 Å². The van der Waals surface area contributed by atoms with Gasteiger partial charge in [-0.25, -0.2) is 0 Å². The average molecular weight is 343 g/mol. The number of methoxy groups -OCH3 is 1. The Morgan fingerprint density at radius 2 is 2.24 bits per heavy atom. The van der Waals surface area contributed by atoms with Crippen LogP contribution in [0.3, 0.4) is 0 Å². The smallest absolute Gasteiger partial charge is 0.161 e. The summed E-state index contributed by atoms with van der Waals surface area (Å²) in [6.45, 7) is 4.43. The Morgan fingerprint density at radius 3 is 3.00 bits per heavy atom. The summed E-state index contributed by atoms with van der Waals surface area (Å²) in [7, 11) is 1.60. The zero-order valence-corrected chi connectivity index (χ0v) is 15.4. The van der Waals surface area contributed by atoms with Gasteiger partial charge in [-0.3, -0.25) is 9.69 Å². The molecule has 4 heteroatoms. The zero-order chi connectivity index (χ0) is 17.6. The lowest BCUT2D eigenvalue weighted by atomic mass is 9.52. The van der Waals surface area contributed by atoms with E-state index in [0.29, 0.717) is 36.3 Å². The maximum absolute atomic E-state index is 12.4. The van der Waals surface area contributed by atoms with Gasteiger partial charge in [0.2, 0.25) is 0 Å². The summed E-state index contributed by atoms with van der Waals surface area (Å²) < 4.78 is 5.38. The van der Waals surface area contributed by atoms with E-state index in [1.165, 1.54) is 18.4 Å². The van der Waals surface area contributed by atoms with Gasteiger partial charge in [0.25, 0.3) is 0 Å². The molecule has 0 aromatic heterocycles. The van der Waals surface area contributed by atoms with E-state index < -0.39 is 0 Å². The van der Waals surface area contributed by atoms with Crippen LogP contribution in [-0.2, 0) is 16.6 Å². The molecule has 1 aromatic rings. The van der Waals surface area contributed by atoms with Gasteiger partial charge in [0, 0.05) is 29.9 Å². The Bertz CT molecular complexity index is 686. The highest BCUT2D eigenvalue weighted by atomic mass is 16.5. The van der Waals surface area contributed by atoms with Gasteiger partial charge in [-0.05, 0) is 56.3 Å². The summed E-state index contributed by atoms with van der Waals surface area (Å²) in [6.07, 6.45) is 6.65. The number of piperidine rings is 1. The van der Waals surface area contributed by atoms with Crippen molar-refractivity contribution in [2.24, 2.45) is 5.92 Å². The van der Waals surface area contributed by atoms with E-state index in [1.54, 1.807) is 7.11 Å². The molecule has 1 aliphatic heterocycles. The zero-order valence-electron chi connectivity index (χ0n) is 15.4. The molecule has 1 saturated carbocycles. The molecule has 1 saturated heterocycles. The second-order valence-corrected chi connectivity index (χ2v) is 8.08. The predicted molar refractivity (Wildman–Crippen MR) is 97.3 cm³/mol. The third-order valence-electron chi connectivity index (χ3n) is 6.91. The van der Waals surface area contributed by atoms with Crippen LogP contribution >= 0.6 is 0 Å². The number of hydrogen-bond acceptors (Lipinski definition) is 4. The van der Waals surface area contributed by atoms with Crippen LogP contribution in [0.15, 0.2) is 12.1 Å². The van der Waals surface area contributed by atoms with Crippen molar-refractivity contribution < 1.29 is 14.6 Å². The number of carbonyl (C=O) groups excluding carboxylic acids is 1. The number of fused-ring (bicyclic) bond motifs is 1. The number of likely N-dealkylation sites (tertiary alicyclic amines) is 1. The normalized spacial score (nSPS) is 31.4. The Hall–Kier alpha value is -1.55. The number of hydrogen-bond donors (Lipinski definition) is 1. The second kappa shape index (κ2) is 6.31. The number of ether oxygens (including phenoxy) is 1. The van der Waals surface area contributed by atoms with Crippen molar-refractivity contribution in [3.05, 3.63) is 23.3 Å². The molecular formula is C21H29NO3. The summed E-state index contributed by atoms with van der Waals surface area (Å²) in [5, 5.41) is 10.9. The van der Waals surface area contributed by atoms with Crippen LogP contribution < -0.4 is 4.74 Å². The molecule has 1 heterocycles. The van der Waals surface area contributed by atoms with Gasteiger partial charge in [-0.2, -0.15) is 0 Å². The van der Waals surface area contributed by atoms with Gasteiger partial charge < -0.3 is 9.84 Å². The number of rotatable bonds is 4. The number of nitrogens with zero attached hydrogens (tertiary/aromatic N) is 1. The fraction of sp³-hybridized carbons (Fsp3) is 0.667. The van der Waals surface area contributed by atoms with Gasteiger partial charge in [0.05, 0.1) is 7.11 Å². The highest BCUT2D eigenvalue weighted by molar-refractivity contribution is 5.82. The van der Waals surface area contributed by atoms with E-state index in [9.17, 15) is 9.90 Å². The summed E-state index contributed by atoms with van der Waals surface area (Å²) in [6, 6.07) is 4.50. The number of phenolic OH excluding ortho intramolecular Hbond substituents is 1. The molecule has 2 fully saturated rings. The lowest BCUT2D eigenvalue weighted by molar-refractivity contribution is -0.127. The van der Waals surface area contributed by atoms with E-state index in [4.69, 9.17) is 4.74 Å². The fourth-order valence-corrected chi connectivity index (χ4v) is 5.80. The third-order valence-corrected chi connectivity index (χ3v) is 6.91. The van der Waals surface area contributed by atoms with Crippen molar-refractivity contribution in [3.63, 3.8) is 0 Å². The van der Waals surface area contributed by atoms with Gasteiger partial charge in [-0.15, -0.1) is 0 Å². The van der Waals surface area contributed by atoms with E-state index in [-0.39, 0.29) is 11.2 Å². The minimum absolute atomic E-state index is 0.186. The molecule has 3 atom stereocenters. The van der Waals surface area contributed by atoms with Crippen molar-refractivity contribution in [2.75, 3.05) is 20.2 Å².